The van der Waals surface area contributed by atoms with E-state index in [0.717, 1.165) is 23.7 Å². The third-order valence-corrected chi connectivity index (χ3v) is 6.98. The van der Waals surface area contributed by atoms with Gasteiger partial charge in [-0.15, -0.1) is 11.3 Å². The molecule has 0 aliphatic carbocycles. The molecule has 5 heteroatoms. The Hall–Kier alpha value is -2.89. The molecule has 4 nitrogen and oxygen atoms in total. The number of nitrogens with zero attached hydrogens (tertiary/aromatic N) is 2. The summed E-state index contributed by atoms with van der Waals surface area (Å²) in [6.45, 7) is 4.52. The van der Waals surface area contributed by atoms with Gasteiger partial charge in [0.2, 0.25) is 0 Å². The number of benzene rings is 2. The minimum absolute atomic E-state index is 0.446. The molecule has 4 aromatic rings. The van der Waals surface area contributed by atoms with Gasteiger partial charge in [0.25, 0.3) is 0 Å². The number of hydrogen-bond acceptors (Lipinski definition) is 3. The number of anilines is 1. The van der Waals surface area contributed by atoms with Gasteiger partial charge in [0.1, 0.15) is 5.84 Å². The van der Waals surface area contributed by atoms with Crippen molar-refractivity contribution in [3.05, 3.63) is 77.0 Å². The summed E-state index contributed by atoms with van der Waals surface area (Å²) in [6.07, 6.45) is 4.01. The van der Waals surface area contributed by atoms with Gasteiger partial charge in [-0.25, -0.2) is 0 Å². The number of thiophene rings is 1. The molecule has 3 heterocycles. The number of rotatable bonds is 6. The van der Waals surface area contributed by atoms with Crippen molar-refractivity contribution in [2.45, 2.75) is 25.8 Å². The number of piperidine rings is 1. The summed E-state index contributed by atoms with van der Waals surface area (Å²) in [6, 6.07) is 23.4. The summed E-state index contributed by atoms with van der Waals surface area (Å²) >= 11 is 1.58. The zero-order chi connectivity index (χ0) is 21.0. The quantitative estimate of drug-likeness (QED) is 0.280. The van der Waals surface area contributed by atoms with Crippen LogP contribution in [0.5, 0.6) is 0 Å². The summed E-state index contributed by atoms with van der Waals surface area (Å²) in [4.78, 5) is 3.55. The Balaban J connectivity index is 1.46. The summed E-state index contributed by atoms with van der Waals surface area (Å²) in [7, 11) is 0. The van der Waals surface area contributed by atoms with Gasteiger partial charge in [0.05, 0.1) is 4.88 Å². The van der Waals surface area contributed by atoms with Crippen LogP contribution in [0.3, 0.4) is 0 Å². The van der Waals surface area contributed by atoms with Gasteiger partial charge in [0.15, 0.2) is 0 Å². The van der Waals surface area contributed by atoms with Crippen molar-refractivity contribution < 1.29 is 0 Å². The highest BCUT2D eigenvalue weighted by Crippen LogP contribution is 2.30. The van der Waals surface area contributed by atoms with Gasteiger partial charge < -0.3 is 14.8 Å². The van der Waals surface area contributed by atoms with E-state index >= 15 is 0 Å². The van der Waals surface area contributed by atoms with Crippen LogP contribution in [0.4, 0.5) is 5.69 Å². The second-order valence-electron chi connectivity index (χ2n) is 8.20. The first-order chi connectivity index (χ1) is 15.3. The van der Waals surface area contributed by atoms with Crippen LogP contribution < -0.4 is 5.32 Å². The zero-order valence-electron chi connectivity index (χ0n) is 17.7. The van der Waals surface area contributed by atoms with Crippen molar-refractivity contribution in [1.82, 2.24) is 9.47 Å². The number of hydrogen-bond donors (Lipinski definition) is 2. The highest BCUT2D eigenvalue weighted by Gasteiger charge is 2.15. The molecule has 1 fully saturated rings. The predicted octanol–water partition coefficient (Wildman–Crippen LogP) is 6.29. The Morgan fingerprint density at radius 3 is 2.52 bits per heavy atom. The second-order valence-corrected chi connectivity index (χ2v) is 9.15. The molecule has 0 atom stereocenters. The van der Waals surface area contributed by atoms with Crippen molar-refractivity contribution in [3.63, 3.8) is 0 Å². The fourth-order valence-corrected chi connectivity index (χ4v) is 5.12. The van der Waals surface area contributed by atoms with Crippen LogP contribution in [0.25, 0.3) is 22.2 Å². The molecule has 0 radical (unpaired) electrons. The average molecular weight is 429 g/mol. The summed E-state index contributed by atoms with van der Waals surface area (Å²) in [5, 5.41) is 14.8. The molecule has 0 bridgehead atoms. The first-order valence-electron chi connectivity index (χ1n) is 11.1. The maximum absolute atomic E-state index is 8.34. The third-order valence-electron chi connectivity index (χ3n) is 6.10. The Morgan fingerprint density at radius 1 is 0.903 bits per heavy atom. The number of aromatic nitrogens is 1. The number of likely N-dealkylation sites (tertiary alicyclic amines) is 1. The standard InChI is InChI=1S/C26H28N4S/c27-26(25-10-7-17-31-25)28-22-11-12-23-21(18-22)19-24(20-8-3-1-4-9-20)30(23)16-15-29-13-5-2-6-14-29/h1,3-4,7-12,17-19H,2,5-6,13-16H2,(H2,27,28). The van der Waals surface area contributed by atoms with Crippen LogP contribution in [0.15, 0.2) is 72.1 Å². The molecule has 158 valence electrons. The lowest BCUT2D eigenvalue weighted by Gasteiger charge is -2.27. The van der Waals surface area contributed by atoms with Gasteiger partial charge in [-0.2, -0.15) is 0 Å². The molecule has 1 saturated heterocycles. The van der Waals surface area contributed by atoms with Crippen LogP contribution in [-0.2, 0) is 6.54 Å². The molecule has 1 aliphatic rings. The molecular weight excluding hydrogens is 400 g/mol. The van der Waals surface area contributed by atoms with E-state index in [2.05, 4.69) is 69.4 Å². The van der Waals surface area contributed by atoms with Gasteiger partial charge >= 0.3 is 0 Å². The Kier molecular flexibility index (Phi) is 5.87. The molecule has 31 heavy (non-hydrogen) atoms. The van der Waals surface area contributed by atoms with Crippen molar-refractivity contribution in [2.75, 3.05) is 25.0 Å². The molecular formula is C26H28N4S. The number of nitrogens with one attached hydrogen (secondary N) is 2. The Bertz CT molecular complexity index is 1160. The van der Waals surface area contributed by atoms with Crippen molar-refractivity contribution in [3.8, 4) is 11.3 Å². The van der Waals surface area contributed by atoms with Gasteiger partial charge in [-0.1, -0.05) is 42.8 Å². The molecule has 0 amide bonds. The lowest BCUT2D eigenvalue weighted by atomic mass is 10.1. The first-order valence-corrected chi connectivity index (χ1v) is 12.0. The molecule has 2 N–H and O–H groups in total. The molecule has 0 unspecified atom stereocenters. The summed E-state index contributed by atoms with van der Waals surface area (Å²) in [5.41, 5.74) is 4.72. The van der Waals surface area contributed by atoms with E-state index in [1.807, 2.05) is 17.5 Å². The van der Waals surface area contributed by atoms with E-state index in [9.17, 15) is 0 Å². The average Bonchev–Trinajstić information content (AvgIpc) is 3.47. The van der Waals surface area contributed by atoms with Crippen molar-refractivity contribution in [1.29, 1.82) is 5.41 Å². The highest BCUT2D eigenvalue weighted by molar-refractivity contribution is 7.12. The maximum Gasteiger partial charge on any atom is 0.140 e. The van der Waals surface area contributed by atoms with E-state index in [1.165, 1.54) is 54.5 Å². The summed E-state index contributed by atoms with van der Waals surface area (Å²) in [5.74, 6) is 0.446. The molecule has 2 aromatic heterocycles. The smallest absolute Gasteiger partial charge is 0.140 e. The van der Waals surface area contributed by atoms with Gasteiger partial charge in [-0.05, 0) is 67.2 Å². The first kappa shape index (κ1) is 20.0. The molecule has 0 spiro atoms. The number of fused-ring (bicyclic) bond motifs is 1. The fraction of sp³-hybridized carbons (Fsp3) is 0.269. The fourth-order valence-electron chi connectivity index (χ4n) is 4.49. The Morgan fingerprint density at radius 2 is 1.74 bits per heavy atom. The van der Waals surface area contributed by atoms with E-state index < -0.39 is 0 Å². The van der Waals surface area contributed by atoms with Crippen molar-refractivity contribution in [2.24, 2.45) is 0 Å². The number of amidine groups is 1. The third kappa shape index (κ3) is 4.43. The normalized spacial score (nSPS) is 14.7. The van der Waals surface area contributed by atoms with Crippen LogP contribution in [-0.4, -0.2) is 34.9 Å². The van der Waals surface area contributed by atoms with Gasteiger partial charge in [0, 0.05) is 35.4 Å². The summed E-state index contributed by atoms with van der Waals surface area (Å²) < 4.78 is 2.47. The monoisotopic (exact) mass is 428 g/mol. The van der Waals surface area contributed by atoms with Crippen LogP contribution >= 0.6 is 11.3 Å². The Labute approximate surface area is 187 Å². The molecule has 5 rings (SSSR count). The minimum Gasteiger partial charge on any atom is -0.340 e. The van der Waals surface area contributed by atoms with E-state index in [0.29, 0.717) is 5.84 Å². The van der Waals surface area contributed by atoms with E-state index in [-0.39, 0.29) is 0 Å². The largest absolute Gasteiger partial charge is 0.340 e. The predicted molar refractivity (Wildman–Crippen MR) is 132 cm³/mol. The molecule has 2 aromatic carbocycles. The van der Waals surface area contributed by atoms with Crippen LogP contribution in [0.2, 0.25) is 0 Å². The molecule has 1 aliphatic heterocycles. The topological polar surface area (TPSA) is 44.1 Å². The lowest BCUT2D eigenvalue weighted by Crippen LogP contribution is -2.32. The maximum atomic E-state index is 8.34. The second kappa shape index (κ2) is 9.08. The van der Waals surface area contributed by atoms with Crippen molar-refractivity contribution >= 4 is 33.8 Å². The minimum atomic E-state index is 0.446. The van der Waals surface area contributed by atoms with E-state index in [1.54, 1.807) is 11.3 Å². The highest BCUT2D eigenvalue weighted by atomic mass is 32.1. The SMILES string of the molecule is N=C(Nc1ccc2c(c1)cc(-c1ccccc1)n2CCN1CCCCC1)c1cccs1. The van der Waals surface area contributed by atoms with Crippen LogP contribution in [0.1, 0.15) is 24.1 Å². The van der Waals surface area contributed by atoms with E-state index in [4.69, 9.17) is 5.41 Å². The lowest BCUT2D eigenvalue weighted by molar-refractivity contribution is 0.222. The van der Waals surface area contributed by atoms with Crippen LogP contribution in [0, 0.1) is 5.41 Å². The van der Waals surface area contributed by atoms with Gasteiger partial charge in [-0.3, -0.25) is 5.41 Å². The molecule has 0 saturated carbocycles. The zero-order valence-corrected chi connectivity index (χ0v) is 18.5.